The van der Waals surface area contributed by atoms with E-state index in [9.17, 15) is 4.79 Å². The van der Waals surface area contributed by atoms with Gasteiger partial charge in [-0.05, 0) is 68.4 Å². The highest BCUT2D eigenvalue weighted by Crippen LogP contribution is 2.60. The van der Waals surface area contributed by atoms with E-state index in [1.807, 2.05) is 30.0 Å². The molecule has 0 radical (unpaired) electrons. The van der Waals surface area contributed by atoms with E-state index in [4.69, 9.17) is 9.47 Å². The molecule has 0 unspecified atom stereocenters. The second kappa shape index (κ2) is 6.75. The van der Waals surface area contributed by atoms with Crippen LogP contribution in [0.3, 0.4) is 0 Å². The Morgan fingerprint density at radius 2 is 1.68 bits per heavy atom. The van der Waals surface area contributed by atoms with Crippen molar-refractivity contribution in [2.24, 2.45) is 17.8 Å². The smallest absolute Gasteiger partial charge is 0.234 e. The summed E-state index contributed by atoms with van der Waals surface area (Å²) in [5, 5.41) is 3.01. The zero-order valence-electron chi connectivity index (χ0n) is 15.0. The second-order valence-corrected chi connectivity index (χ2v) is 9.45. The lowest BCUT2D eigenvalue weighted by Crippen LogP contribution is -2.49. The second-order valence-electron chi connectivity index (χ2n) is 8.01. The third kappa shape index (κ3) is 3.48. The van der Waals surface area contributed by atoms with Crippen LogP contribution in [0, 0.1) is 17.8 Å². The van der Waals surface area contributed by atoms with E-state index in [2.05, 4.69) is 5.32 Å². The molecule has 25 heavy (non-hydrogen) atoms. The molecule has 4 aliphatic rings. The Hall–Kier alpha value is -1.36. The van der Waals surface area contributed by atoms with Gasteiger partial charge >= 0.3 is 0 Å². The van der Waals surface area contributed by atoms with Crippen molar-refractivity contribution >= 4 is 23.4 Å². The Labute approximate surface area is 154 Å². The fraction of sp³-hybridized carbons (Fsp3) is 0.650. The molecular weight excluding hydrogens is 334 g/mol. The van der Waals surface area contributed by atoms with Gasteiger partial charge in [-0.1, -0.05) is 0 Å². The van der Waals surface area contributed by atoms with Gasteiger partial charge in [-0.15, -0.1) is 11.8 Å². The summed E-state index contributed by atoms with van der Waals surface area (Å²) in [5.41, 5.74) is 0.758. The molecule has 0 saturated heterocycles. The first-order valence-electron chi connectivity index (χ1n) is 9.25. The van der Waals surface area contributed by atoms with Crippen molar-refractivity contribution in [1.82, 2.24) is 0 Å². The highest BCUT2D eigenvalue weighted by molar-refractivity contribution is 8.01. The maximum Gasteiger partial charge on any atom is 0.234 e. The molecule has 136 valence electrons. The standard InChI is InChI=1S/C20H27NO3S/c1-23-17-4-3-16(8-18(17)24-2)21-19(22)12-25-20-9-13-5-14(10-20)7-15(6-13)11-20/h3-4,8,13-15H,5-7,9-12H2,1-2H3,(H,21,22). The van der Waals surface area contributed by atoms with Crippen molar-refractivity contribution in [2.45, 2.75) is 43.3 Å². The molecule has 4 saturated carbocycles. The first kappa shape index (κ1) is 17.1. The molecule has 1 N–H and O–H groups in total. The summed E-state index contributed by atoms with van der Waals surface area (Å²) in [6.45, 7) is 0. The molecule has 4 nitrogen and oxygen atoms in total. The molecule has 1 aromatic carbocycles. The van der Waals surface area contributed by atoms with Crippen LogP contribution in [0.4, 0.5) is 5.69 Å². The van der Waals surface area contributed by atoms with Gasteiger partial charge in [-0.2, -0.15) is 0 Å². The van der Waals surface area contributed by atoms with E-state index < -0.39 is 0 Å². The van der Waals surface area contributed by atoms with Gasteiger partial charge in [0.15, 0.2) is 11.5 Å². The number of anilines is 1. The first-order valence-corrected chi connectivity index (χ1v) is 10.2. The van der Waals surface area contributed by atoms with E-state index in [0.29, 0.717) is 22.0 Å². The first-order chi connectivity index (χ1) is 12.1. The van der Waals surface area contributed by atoms with Gasteiger partial charge < -0.3 is 14.8 Å². The normalized spacial score (nSPS) is 32.5. The quantitative estimate of drug-likeness (QED) is 0.818. The summed E-state index contributed by atoms with van der Waals surface area (Å²) in [4.78, 5) is 12.5. The van der Waals surface area contributed by atoms with Crippen molar-refractivity contribution in [2.75, 3.05) is 25.3 Å². The van der Waals surface area contributed by atoms with Crippen molar-refractivity contribution < 1.29 is 14.3 Å². The van der Waals surface area contributed by atoms with E-state index in [1.54, 1.807) is 14.2 Å². The third-order valence-corrected chi connectivity index (χ3v) is 7.68. The minimum Gasteiger partial charge on any atom is -0.493 e. The number of benzene rings is 1. The molecule has 5 rings (SSSR count). The lowest BCUT2D eigenvalue weighted by atomic mass is 9.56. The average Bonchev–Trinajstić information content (AvgIpc) is 2.59. The van der Waals surface area contributed by atoms with Crippen LogP contribution in [0.25, 0.3) is 0 Å². The van der Waals surface area contributed by atoms with Crippen molar-refractivity contribution in [3.05, 3.63) is 18.2 Å². The molecule has 0 aliphatic heterocycles. The molecule has 1 aromatic rings. The van der Waals surface area contributed by atoms with Crippen molar-refractivity contribution in [1.29, 1.82) is 0 Å². The van der Waals surface area contributed by atoms with Crippen LogP contribution in [0.5, 0.6) is 11.5 Å². The van der Waals surface area contributed by atoms with E-state index in [0.717, 1.165) is 23.4 Å². The summed E-state index contributed by atoms with van der Waals surface area (Å²) < 4.78 is 10.9. The van der Waals surface area contributed by atoms with Gasteiger partial charge in [-0.25, -0.2) is 0 Å². The van der Waals surface area contributed by atoms with Crippen LogP contribution in [0.1, 0.15) is 38.5 Å². The fourth-order valence-electron chi connectivity index (χ4n) is 5.54. The van der Waals surface area contributed by atoms with E-state index in [1.165, 1.54) is 38.5 Å². The Morgan fingerprint density at radius 3 is 2.24 bits per heavy atom. The fourth-order valence-corrected chi connectivity index (χ4v) is 7.11. The van der Waals surface area contributed by atoms with E-state index >= 15 is 0 Å². The predicted octanol–water partition coefficient (Wildman–Crippen LogP) is 4.34. The summed E-state index contributed by atoms with van der Waals surface area (Å²) >= 11 is 1.91. The topological polar surface area (TPSA) is 47.6 Å². The van der Waals surface area contributed by atoms with Gasteiger partial charge in [0, 0.05) is 16.5 Å². The van der Waals surface area contributed by atoms with Crippen molar-refractivity contribution in [3.63, 3.8) is 0 Å². The number of carbonyl (C=O) groups is 1. The monoisotopic (exact) mass is 361 g/mol. The molecule has 0 spiro atoms. The zero-order valence-corrected chi connectivity index (χ0v) is 15.9. The third-order valence-electron chi connectivity index (χ3n) is 6.16. The van der Waals surface area contributed by atoms with Gasteiger partial charge in [0.05, 0.1) is 20.0 Å². The van der Waals surface area contributed by atoms with Crippen LogP contribution >= 0.6 is 11.8 Å². The Balaban J connectivity index is 1.35. The average molecular weight is 362 g/mol. The number of rotatable bonds is 6. The van der Waals surface area contributed by atoms with Crippen LogP contribution in [0.15, 0.2) is 18.2 Å². The number of ether oxygens (including phenoxy) is 2. The lowest BCUT2D eigenvalue weighted by molar-refractivity contribution is -0.113. The van der Waals surface area contributed by atoms with Crippen LogP contribution in [-0.4, -0.2) is 30.6 Å². The van der Waals surface area contributed by atoms with Crippen molar-refractivity contribution in [3.8, 4) is 11.5 Å². The van der Waals surface area contributed by atoms with Gasteiger partial charge in [-0.3, -0.25) is 4.79 Å². The summed E-state index contributed by atoms with van der Waals surface area (Å²) in [5.74, 6) is 4.69. The zero-order chi connectivity index (χ0) is 17.4. The number of amides is 1. The van der Waals surface area contributed by atoms with Crippen LogP contribution in [0.2, 0.25) is 0 Å². The number of carbonyl (C=O) groups excluding carboxylic acids is 1. The molecule has 0 heterocycles. The highest BCUT2D eigenvalue weighted by Gasteiger charge is 2.51. The predicted molar refractivity (Wildman–Crippen MR) is 102 cm³/mol. The van der Waals surface area contributed by atoms with Crippen LogP contribution in [-0.2, 0) is 4.79 Å². The number of methoxy groups -OCH3 is 2. The maximum absolute atomic E-state index is 12.5. The molecule has 4 fully saturated rings. The Kier molecular flexibility index (Phi) is 4.61. The molecule has 4 aliphatic carbocycles. The number of thioether (sulfide) groups is 1. The van der Waals surface area contributed by atoms with Gasteiger partial charge in [0.2, 0.25) is 5.91 Å². The molecule has 4 bridgehead atoms. The lowest BCUT2D eigenvalue weighted by Gasteiger charge is -2.56. The maximum atomic E-state index is 12.5. The molecular formula is C20H27NO3S. The largest absolute Gasteiger partial charge is 0.493 e. The number of hydrogen-bond donors (Lipinski definition) is 1. The highest BCUT2D eigenvalue weighted by atomic mass is 32.2. The molecule has 0 atom stereocenters. The number of hydrogen-bond acceptors (Lipinski definition) is 4. The molecule has 0 aromatic heterocycles. The Bertz CT molecular complexity index is 625. The molecule has 5 heteroatoms. The minimum absolute atomic E-state index is 0.0768. The summed E-state index contributed by atoms with van der Waals surface area (Å²) in [6, 6.07) is 5.49. The number of nitrogens with one attached hydrogen (secondary N) is 1. The van der Waals surface area contributed by atoms with Gasteiger partial charge in [0.25, 0.3) is 0 Å². The SMILES string of the molecule is COc1ccc(NC(=O)CSC23CC4CC(CC(C4)C2)C3)cc1OC. The van der Waals surface area contributed by atoms with Gasteiger partial charge in [0.1, 0.15) is 0 Å². The van der Waals surface area contributed by atoms with E-state index in [-0.39, 0.29) is 5.91 Å². The summed E-state index contributed by atoms with van der Waals surface area (Å²) in [6.07, 6.45) is 8.31. The minimum atomic E-state index is 0.0768. The Morgan fingerprint density at radius 1 is 1.08 bits per heavy atom. The summed E-state index contributed by atoms with van der Waals surface area (Å²) in [7, 11) is 3.21. The molecule has 1 amide bonds. The van der Waals surface area contributed by atoms with Crippen LogP contribution < -0.4 is 14.8 Å².